The minimum Gasteiger partial charge on any atom is -0.296 e. The zero-order chi connectivity index (χ0) is 12.3. The standard InChI is InChI=1S/C16H24N/c1-4-17(2,3)16(15-12-8-9-13-15)14-10-6-5-7-11-14/h4-7,10-11,15-16H,1,8-9,12-13H2,2-3H3/q+1. The molecule has 1 unspecified atom stereocenters. The Hall–Kier alpha value is -1.08. The molecule has 0 heterocycles. The lowest BCUT2D eigenvalue weighted by atomic mass is 9.89. The van der Waals surface area contributed by atoms with Gasteiger partial charge in [-0.05, 0) is 19.4 Å². The van der Waals surface area contributed by atoms with Crippen molar-refractivity contribution in [3.05, 3.63) is 48.7 Å². The minimum atomic E-state index is 0.566. The molecule has 1 aliphatic carbocycles. The first-order valence-corrected chi connectivity index (χ1v) is 6.67. The zero-order valence-corrected chi connectivity index (χ0v) is 11.1. The molecular formula is C16H24N+. The monoisotopic (exact) mass is 230 g/mol. The fraction of sp³-hybridized carbons (Fsp3) is 0.500. The lowest BCUT2D eigenvalue weighted by Crippen LogP contribution is -2.41. The van der Waals surface area contributed by atoms with Crippen molar-refractivity contribution in [3.8, 4) is 0 Å². The Morgan fingerprint density at radius 2 is 1.76 bits per heavy atom. The van der Waals surface area contributed by atoms with Crippen LogP contribution in [0.2, 0.25) is 0 Å². The summed E-state index contributed by atoms with van der Waals surface area (Å²) in [4.78, 5) is 0. The third-order valence-electron chi connectivity index (χ3n) is 4.17. The maximum Gasteiger partial charge on any atom is 0.121 e. The number of rotatable bonds is 4. The summed E-state index contributed by atoms with van der Waals surface area (Å²) in [6, 6.07) is 11.5. The second kappa shape index (κ2) is 5.05. The Labute approximate surface area is 105 Å². The van der Waals surface area contributed by atoms with Crippen molar-refractivity contribution in [1.29, 1.82) is 0 Å². The summed E-state index contributed by atoms with van der Waals surface area (Å²) in [7, 11) is 4.53. The molecule has 2 rings (SSSR count). The molecule has 1 saturated carbocycles. The van der Waals surface area contributed by atoms with Crippen molar-refractivity contribution < 1.29 is 4.48 Å². The minimum absolute atomic E-state index is 0.566. The second-order valence-electron chi connectivity index (χ2n) is 5.71. The molecule has 1 heteroatoms. The SMILES string of the molecule is C=C[N+](C)(C)C(c1ccccc1)C1CCCC1. The average molecular weight is 230 g/mol. The first-order chi connectivity index (χ1) is 8.15. The first-order valence-electron chi connectivity index (χ1n) is 6.67. The lowest BCUT2D eigenvalue weighted by Gasteiger charge is -2.38. The van der Waals surface area contributed by atoms with Crippen LogP contribution >= 0.6 is 0 Å². The fourth-order valence-electron chi connectivity index (χ4n) is 3.24. The van der Waals surface area contributed by atoms with Gasteiger partial charge in [0, 0.05) is 11.5 Å². The molecule has 0 radical (unpaired) electrons. The van der Waals surface area contributed by atoms with Gasteiger partial charge in [0.15, 0.2) is 0 Å². The quantitative estimate of drug-likeness (QED) is 0.682. The molecule has 0 saturated heterocycles. The van der Waals surface area contributed by atoms with Crippen molar-refractivity contribution >= 4 is 0 Å². The van der Waals surface area contributed by atoms with Gasteiger partial charge in [-0.3, -0.25) is 4.48 Å². The molecule has 0 N–H and O–H groups in total. The van der Waals surface area contributed by atoms with E-state index in [0.29, 0.717) is 6.04 Å². The molecule has 1 atom stereocenters. The molecule has 0 bridgehead atoms. The molecule has 1 aromatic carbocycles. The largest absolute Gasteiger partial charge is 0.296 e. The highest BCUT2D eigenvalue weighted by molar-refractivity contribution is 5.18. The van der Waals surface area contributed by atoms with Gasteiger partial charge in [-0.25, -0.2) is 0 Å². The van der Waals surface area contributed by atoms with Crippen LogP contribution in [0, 0.1) is 5.92 Å². The molecule has 0 spiro atoms. The predicted octanol–water partition coefficient (Wildman–Crippen LogP) is 4.14. The second-order valence-corrected chi connectivity index (χ2v) is 5.71. The van der Waals surface area contributed by atoms with Crippen LogP contribution in [-0.4, -0.2) is 18.6 Å². The van der Waals surface area contributed by atoms with E-state index in [4.69, 9.17) is 0 Å². The summed E-state index contributed by atoms with van der Waals surface area (Å²) in [6.07, 6.45) is 7.61. The first kappa shape index (κ1) is 12.4. The Morgan fingerprint density at radius 3 is 2.29 bits per heavy atom. The van der Waals surface area contributed by atoms with E-state index in [0.717, 1.165) is 10.4 Å². The highest BCUT2D eigenvalue weighted by Crippen LogP contribution is 2.41. The highest BCUT2D eigenvalue weighted by atomic mass is 15.3. The molecule has 1 aromatic rings. The van der Waals surface area contributed by atoms with Crippen molar-refractivity contribution in [2.75, 3.05) is 14.1 Å². The molecule has 92 valence electrons. The normalized spacial score (nSPS) is 19.2. The van der Waals surface area contributed by atoms with E-state index in [2.05, 4.69) is 57.2 Å². The van der Waals surface area contributed by atoms with E-state index in [1.54, 1.807) is 0 Å². The summed E-state index contributed by atoms with van der Waals surface area (Å²) >= 11 is 0. The van der Waals surface area contributed by atoms with E-state index in [1.807, 2.05) is 0 Å². The van der Waals surface area contributed by atoms with Crippen LogP contribution in [0.4, 0.5) is 0 Å². The van der Waals surface area contributed by atoms with Crippen LogP contribution in [0.15, 0.2) is 43.1 Å². The van der Waals surface area contributed by atoms with Crippen molar-refractivity contribution in [2.45, 2.75) is 31.7 Å². The third-order valence-corrected chi connectivity index (χ3v) is 4.17. The van der Waals surface area contributed by atoms with Gasteiger partial charge in [0.25, 0.3) is 0 Å². The Kier molecular flexibility index (Phi) is 3.68. The van der Waals surface area contributed by atoms with Gasteiger partial charge in [-0.1, -0.05) is 43.2 Å². The molecule has 0 amide bonds. The maximum atomic E-state index is 4.02. The number of hydrogen-bond donors (Lipinski definition) is 0. The summed E-state index contributed by atoms with van der Waals surface area (Å²) in [5, 5.41) is 0. The molecule has 0 aliphatic heterocycles. The van der Waals surface area contributed by atoms with E-state index in [1.165, 1.54) is 31.2 Å². The van der Waals surface area contributed by atoms with Crippen molar-refractivity contribution in [2.24, 2.45) is 5.92 Å². The zero-order valence-electron chi connectivity index (χ0n) is 11.1. The van der Waals surface area contributed by atoms with Crippen LogP contribution in [0.5, 0.6) is 0 Å². The van der Waals surface area contributed by atoms with Gasteiger partial charge < -0.3 is 0 Å². The van der Waals surface area contributed by atoms with Crippen LogP contribution in [0.1, 0.15) is 37.3 Å². The predicted molar refractivity (Wildman–Crippen MR) is 73.4 cm³/mol. The summed E-state index contributed by atoms with van der Waals surface area (Å²) in [6.45, 7) is 4.02. The molecule has 1 fully saturated rings. The van der Waals surface area contributed by atoms with E-state index >= 15 is 0 Å². The number of nitrogens with zero attached hydrogens (tertiary/aromatic N) is 1. The number of hydrogen-bond acceptors (Lipinski definition) is 0. The Balaban J connectivity index is 2.33. The molecule has 17 heavy (non-hydrogen) atoms. The fourth-order valence-corrected chi connectivity index (χ4v) is 3.24. The topological polar surface area (TPSA) is 0 Å². The van der Waals surface area contributed by atoms with E-state index in [9.17, 15) is 0 Å². The maximum absolute atomic E-state index is 4.02. The molecule has 0 aromatic heterocycles. The van der Waals surface area contributed by atoms with Crippen LogP contribution in [-0.2, 0) is 0 Å². The average Bonchev–Trinajstić information content (AvgIpc) is 2.84. The summed E-state index contributed by atoms with van der Waals surface area (Å²) in [5.41, 5.74) is 1.46. The molecule has 1 aliphatic rings. The van der Waals surface area contributed by atoms with Crippen molar-refractivity contribution in [3.63, 3.8) is 0 Å². The summed E-state index contributed by atoms with van der Waals surface area (Å²) in [5.74, 6) is 0.811. The van der Waals surface area contributed by atoms with Gasteiger partial charge in [-0.2, -0.15) is 0 Å². The van der Waals surface area contributed by atoms with E-state index in [-0.39, 0.29) is 0 Å². The van der Waals surface area contributed by atoms with Gasteiger partial charge in [0.2, 0.25) is 0 Å². The smallest absolute Gasteiger partial charge is 0.121 e. The number of benzene rings is 1. The third kappa shape index (κ3) is 2.61. The van der Waals surface area contributed by atoms with Crippen LogP contribution in [0.3, 0.4) is 0 Å². The summed E-state index contributed by atoms with van der Waals surface area (Å²) < 4.78 is 0.884. The van der Waals surface area contributed by atoms with Gasteiger partial charge in [-0.15, -0.1) is 0 Å². The van der Waals surface area contributed by atoms with Crippen molar-refractivity contribution in [1.82, 2.24) is 0 Å². The molecule has 1 nitrogen and oxygen atoms in total. The van der Waals surface area contributed by atoms with Crippen LogP contribution < -0.4 is 0 Å². The van der Waals surface area contributed by atoms with Gasteiger partial charge >= 0.3 is 0 Å². The lowest BCUT2D eigenvalue weighted by molar-refractivity contribution is -0.876. The highest BCUT2D eigenvalue weighted by Gasteiger charge is 2.36. The Morgan fingerprint density at radius 1 is 1.18 bits per heavy atom. The molecular weight excluding hydrogens is 206 g/mol. The van der Waals surface area contributed by atoms with E-state index < -0.39 is 0 Å². The Bertz CT molecular complexity index is 360. The van der Waals surface area contributed by atoms with Gasteiger partial charge in [0.1, 0.15) is 6.04 Å². The van der Waals surface area contributed by atoms with Gasteiger partial charge in [0.05, 0.1) is 20.3 Å². The van der Waals surface area contributed by atoms with Crippen LogP contribution in [0.25, 0.3) is 0 Å². The number of quaternary nitrogens is 1.